The van der Waals surface area contributed by atoms with Crippen molar-refractivity contribution in [2.75, 3.05) is 39.8 Å². The van der Waals surface area contributed by atoms with Crippen LogP contribution < -0.4 is 10.3 Å². The van der Waals surface area contributed by atoms with Gasteiger partial charge in [0.25, 0.3) is 5.56 Å². The van der Waals surface area contributed by atoms with Crippen molar-refractivity contribution in [1.82, 2.24) is 28.8 Å². The second-order valence-electron chi connectivity index (χ2n) is 10.1. The number of hydrogen-bond acceptors (Lipinski definition) is 7. The van der Waals surface area contributed by atoms with E-state index in [1.165, 1.54) is 0 Å². The lowest BCUT2D eigenvalue weighted by Gasteiger charge is -2.24. The van der Waals surface area contributed by atoms with Gasteiger partial charge in [-0.1, -0.05) is 6.92 Å². The summed E-state index contributed by atoms with van der Waals surface area (Å²) in [4.78, 5) is 22.8. The Morgan fingerprint density at radius 2 is 1.94 bits per heavy atom. The topological polar surface area (TPSA) is 113 Å². The summed E-state index contributed by atoms with van der Waals surface area (Å²) in [5.41, 5.74) is 1.14. The first-order valence-electron chi connectivity index (χ1n) is 12.6. The Labute approximate surface area is 211 Å². The molecule has 0 bridgehead atoms. The molecule has 2 aliphatic heterocycles. The summed E-state index contributed by atoms with van der Waals surface area (Å²) in [5.74, 6) is 1.41. The number of ether oxygens (including phenoxy) is 1. The molecule has 1 aromatic carbocycles. The number of hydrogen-bond donors (Lipinski definition) is 1. The predicted molar refractivity (Wildman–Crippen MR) is 137 cm³/mol. The van der Waals surface area contributed by atoms with Crippen LogP contribution in [0.25, 0.3) is 16.9 Å². The van der Waals surface area contributed by atoms with Crippen molar-refractivity contribution in [2.24, 2.45) is 5.41 Å². The van der Waals surface area contributed by atoms with Crippen LogP contribution in [0.2, 0.25) is 0 Å². The average Bonchev–Trinajstić information content (AvgIpc) is 3.52. The molecule has 0 saturated carbocycles. The number of aromatic nitrogens is 4. The predicted octanol–water partition coefficient (Wildman–Crippen LogP) is 2.46. The van der Waals surface area contributed by atoms with Crippen LogP contribution in [0, 0.1) is 12.3 Å². The molecule has 1 N–H and O–H groups in total. The molecule has 2 fully saturated rings. The molecule has 1 unspecified atom stereocenters. The maximum absolute atomic E-state index is 13.7. The Balaban J connectivity index is 1.58. The number of likely N-dealkylation sites (tertiary alicyclic amines) is 1. The Morgan fingerprint density at radius 1 is 1.17 bits per heavy atom. The maximum Gasteiger partial charge on any atom is 0.277 e. The van der Waals surface area contributed by atoms with Crippen LogP contribution in [-0.2, 0) is 16.4 Å². The van der Waals surface area contributed by atoms with E-state index in [1.54, 1.807) is 33.9 Å². The summed E-state index contributed by atoms with van der Waals surface area (Å²) in [6.07, 6.45) is 3.41. The number of nitrogens with zero attached hydrogens (tertiary/aromatic N) is 5. The molecular formula is C25H34N6O4S. The quantitative estimate of drug-likeness (QED) is 0.515. The number of aryl methyl sites for hydroxylation is 2. The van der Waals surface area contributed by atoms with Gasteiger partial charge in [-0.2, -0.15) is 4.31 Å². The number of sulfonamides is 1. The van der Waals surface area contributed by atoms with Crippen molar-refractivity contribution in [3.63, 3.8) is 0 Å². The van der Waals surface area contributed by atoms with Crippen molar-refractivity contribution in [3.05, 3.63) is 40.1 Å². The number of benzene rings is 1. The van der Waals surface area contributed by atoms with Crippen LogP contribution in [0.5, 0.6) is 5.75 Å². The third-order valence-electron chi connectivity index (χ3n) is 7.39. The first-order chi connectivity index (χ1) is 17.2. The third kappa shape index (κ3) is 4.22. The molecule has 0 amide bonds. The number of nitrogens with one attached hydrogen (secondary N) is 1. The molecule has 0 aliphatic carbocycles. The molecule has 11 heteroatoms. The summed E-state index contributed by atoms with van der Waals surface area (Å²) >= 11 is 0. The molecule has 1 atom stereocenters. The monoisotopic (exact) mass is 514 g/mol. The number of rotatable bonds is 7. The van der Waals surface area contributed by atoms with Gasteiger partial charge in [-0.15, -0.1) is 5.10 Å². The van der Waals surface area contributed by atoms with Crippen molar-refractivity contribution < 1.29 is 13.2 Å². The Hall–Kier alpha value is -2.76. The van der Waals surface area contributed by atoms with Gasteiger partial charge < -0.3 is 14.6 Å². The summed E-state index contributed by atoms with van der Waals surface area (Å²) in [6, 6.07) is 4.80. The van der Waals surface area contributed by atoms with Gasteiger partial charge in [-0.25, -0.2) is 17.9 Å². The summed E-state index contributed by atoms with van der Waals surface area (Å²) in [5, 5.41) is 4.68. The third-order valence-corrected chi connectivity index (χ3v) is 9.23. The minimum atomic E-state index is -3.73. The summed E-state index contributed by atoms with van der Waals surface area (Å²) in [6.45, 7) is 9.02. The lowest BCUT2D eigenvalue weighted by Crippen LogP contribution is -2.33. The van der Waals surface area contributed by atoms with E-state index in [2.05, 4.69) is 27.0 Å². The van der Waals surface area contributed by atoms with E-state index in [-0.39, 0.29) is 21.7 Å². The Kier molecular flexibility index (Phi) is 6.42. The average molecular weight is 515 g/mol. The highest BCUT2D eigenvalue weighted by molar-refractivity contribution is 7.89. The first-order valence-corrected chi connectivity index (χ1v) is 14.1. The van der Waals surface area contributed by atoms with Crippen LogP contribution in [0.1, 0.15) is 44.6 Å². The zero-order valence-corrected chi connectivity index (χ0v) is 22.2. The lowest BCUT2D eigenvalue weighted by atomic mass is 9.87. The first kappa shape index (κ1) is 24.9. The molecule has 10 nitrogen and oxygen atoms in total. The minimum absolute atomic E-state index is 0.0305. The van der Waals surface area contributed by atoms with Crippen LogP contribution in [0.4, 0.5) is 0 Å². The second kappa shape index (κ2) is 9.28. The minimum Gasteiger partial charge on any atom is -0.493 e. The molecule has 36 heavy (non-hydrogen) atoms. The van der Waals surface area contributed by atoms with Gasteiger partial charge >= 0.3 is 0 Å². The summed E-state index contributed by atoms with van der Waals surface area (Å²) < 4.78 is 36.4. The smallest absolute Gasteiger partial charge is 0.277 e. The molecule has 5 rings (SSSR count). The van der Waals surface area contributed by atoms with Gasteiger partial charge in [-0.05, 0) is 70.3 Å². The number of H-pyrrole nitrogens is 1. The van der Waals surface area contributed by atoms with Crippen LogP contribution >= 0.6 is 0 Å². The fourth-order valence-electron chi connectivity index (χ4n) is 5.62. The molecule has 194 valence electrons. The second-order valence-corrected chi connectivity index (χ2v) is 12.0. The molecule has 2 saturated heterocycles. The van der Waals surface area contributed by atoms with E-state index in [4.69, 9.17) is 4.74 Å². The van der Waals surface area contributed by atoms with Crippen LogP contribution in [-0.4, -0.2) is 77.0 Å². The molecule has 2 aromatic heterocycles. The summed E-state index contributed by atoms with van der Waals surface area (Å²) in [7, 11) is -1.64. The highest BCUT2D eigenvalue weighted by Crippen LogP contribution is 2.41. The van der Waals surface area contributed by atoms with E-state index in [9.17, 15) is 13.2 Å². The fraction of sp³-hybridized carbons (Fsp3) is 0.560. The highest BCUT2D eigenvalue weighted by Gasteiger charge is 2.46. The van der Waals surface area contributed by atoms with Gasteiger partial charge in [0, 0.05) is 26.1 Å². The van der Waals surface area contributed by atoms with Gasteiger partial charge in [-0.3, -0.25) is 4.79 Å². The van der Waals surface area contributed by atoms with Gasteiger partial charge in [0.2, 0.25) is 10.0 Å². The van der Waals surface area contributed by atoms with Gasteiger partial charge in [0.1, 0.15) is 11.6 Å². The Morgan fingerprint density at radius 3 is 2.64 bits per heavy atom. The molecule has 0 radical (unpaired) electrons. The number of aromatic amines is 1. The van der Waals surface area contributed by atoms with Gasteiger partial charge in [0.15, 0.2) is 11.3 Å². The maximum atomic E-state index is 13.7. The van der Waals surface area contributed by atoms with E-state index in [1.807, 2.05) is 13.8 Å². The van der Waals surface area contributed by atoms with Crippen molar-refractivity contribution >= 4 is 15.5 Å². The molecule has 2 aliphatic rings. The SMILES string of the molecule is CCCc1nc(C)c2c(=O)[nH]c(-c3cc(S(=O)(=O)N4CCC5(CCN(C)C5)C4)ccc3OCC)nn12. The largest absolute Gasteiger partial charge is 0.493 e. The van der Waals surface area contributed by atoms with Crippen LogP contribution in [0.15, 0.2) is 27.9 Å². The Bertz CT molecular complexity index is 1460. The number of fused-ring (bicyclic) bond motifs is 1. The zero-order chi connectivity index (χ0) is 25.7. The highest BCUT2D eigenvalue weighted by atomic mass is 32.2. The molecular weight excluding hydrogens is 480 g/mol. The van der Waals surface area contributed by atoms with Crippen molar-refractivity contribution in [3.8, 4) is 17.1 Å². The normalized spacial score (nSPS) is 21.2. The zero-order valence-electron chi connectivity index (χ0n) is 21.4. The van der Waals surface area contributed by atoms with Crippen molar-refractivity contribution in [2.45, 2.75) is 51.3 Å². The molecule has 4 heterocycles. The molecule has 1 spiro atoms. The van der Waals surface area contributed by atoms with Crippen molar-refractivity contribution in [1.29, 1.82) is 0 Å². The number of imidazole rings is 1. The fourth-order valence-corrected chi connectivity index (χ4v) is 7.20. The van der Waals surface area contributed by atoms with E-state index in [0.29, 0.717) is 54.5 Å². The van der Waals surface area contributed by atoms with Crippen LogP contribution in [0.3, 0.4) is 0 Å². The van der Waals surface area contributed by atoms with E-state index < -0.39 is 10.0 Å². The van der Waals surface area contributed by atoms with E-state index in [0.717, 1.165) is 32.4 Å². The lowest BCUT2D eigenvalue weighted by molar-refractivity contribution is 0.294. The standard InChI is InChI=1S/C25H34N6O4S/c1-5-7-21-26-17(3)22-24(32)27-23(28-31(21)22)19-14-18(8-9-20(19)35-6-2)36(33,34)30-13-11-25(16-30)10-12-29(4)15-25/h8-9,14H,5-7,10-13,15-16H2,1-4H3,(H,27,28,32). The van der Waals surface area contributed by atoms with Gasteiger partial charge in [0.05, 0.1) is 22.8 Å². The molecule has 3 aromatic rings. The van der Waals surface area contributed by atoms with E-state index >= 15 is 0 Å².